The van der Waals surface area contributed by atoms with Crippen LogP contribution in [0.2, 0.25) is 10.0 Å². The molecular formula is C19H10Cl2F3NO2S2. The Balaban J connectivity index is 2.09. The molecule has 150 valence electrons. The molecule has 3 nitrogen and oxygen atoms in total. The molecule has 0 radical (unpaired) electrons. The summed E-state index contributed by atoms with van der Waals surface area (Å²) in [6.07, 6.45) is -4.75. The van der Waals surface area contributed by atoms with E-state index in [-0.39, 0.29) is 9.79 Å². The van der Waals surface area contributed by atoms with E-state index in [1.165, 1.54) is 6.07 Å². The molecule has 0 unspecified atom stereocenters. The summed E-state index contributed by atoms with van der Waals surface area (Å²) in [7, 11) is 0. The summed E-state index contributed by atoms with van der Waals surface area (Å²) in [5.74, 6) is 0. The molecular weight excluding hydrogens is 466 g/mol. The average molecular weight is 476 g/mol. The lowest BCUT2D eigenvalue weighted by molar-refractivity contribution is -0.388. The van der Waals surface area contributed by atoms with Crippen LogP contribution < -0.4 is 0 Å². The molecule has 0 aliphatic heterocycles. The Kier molecular flexibility index (Phi) is 6.68. The minimum Gasteiger partial charge on any atom is -0.258 e. The van der Waals surface area contributed by atoms with Gasteiger partial charge in [0.1, 0.15) is 0 Å². The predicted octanol–water partition coefficient (Wildman–Crippen LogP) is 8.22. The summed E-state index contributed by atoms with van der Waals surface area (Å²) in [5.41, 5.74) is -1.68. The van der Waals surface area contributed by atoms with Crippen molar-refractivity contribution in [3.8, 4) is 0 Å². The van der Waals surface area contributed by atoms with Crippen molar-refractivity contribution in [2.24, 2.45) is 0 Å². The summed E-state index contributed by atoms with van der Waals surface area (Å²) >= 11 is 13.5. The van der Waals surface area contributed by atoms with Crippen LogP contribution in [0.3, 0.4) is 0 Å². The molecule has 3 rings (SSSR count). The summed E-state index contributed by atoms with van der Waals surface area (Å²) in [4.78, 5) is 11.7. The standard InChI is InChI=1S/C19H10Cl2F3NO2S2/c20-11-1-5-13(6-2-11)28-17-10-18(29-14-7-3-12(21)4-8-14)16(25(26)27)9-15(17)19(22,23)24/h1-10H. The van der Waals surface area contributed by atoms with Crippen molar-refractivity contribution in [3.05, 3.63) is 86.4 Å². The van der Waals surface area contributed by atoms with Crippen molar-refractivity contribution in [2.45, 2.75) is 25.8 Å². The molecule has 3 aromatic carbocycles. The molecule has 0 heterocycles. The highest BCUT2D eigenvalue weighted by Crippen LogP contribution is 2.46. The van der Waals surface area contributed by atoms with Crippen LogP contribution >= 0.6 is 46.7 Å². The molecule has 0 bridgehead atoms. The maximum atomic E-state index is 13.6. The van der Waals surface area contributed by atoms with Crippen molar-refractivity contribution in [2.75, 3.05) is 0 Å². The Morgan fingerprint density at radius 1 is 0.793 bits per heavy atom. The number of hydrogen-bond acceptors (Lipinski definition) is 4. The zero-order chi connectivity index (χ0) is 21.2. The predicted molar refractivity (Wildman–Crippen MR) is 109 cm³/mol. The fraction of sp³-hybridized carbons (Fsp3) is 0.0526. The normalized spacial score (nSPS) is 11.5. The van der Waals surface area contributed by atoms with Gasteiger partial charge < -0.3 is 0 Å². The SMILES string of the molecule is O=[N+]([O-])c1cc(C(F)(F)F)c(Sc2ccc(Cl)cc2)cc1Sc1ccc(Cl)cc1. The van der Waals surface area contributed by atoms with E-state index < -0.39 is 22.4 Å². The second-order valence-electron chi connectivity index (χ2n) is 5.68. The lowest BCUT2D eigenvalue weighted by Crippen LogP contribution is -2.08. The number of nitro groups is 1. The highest BCUT2D eigenvalue weighted by Gasteiger charge is 2.36. The van der Waals surface area contributed by atoms with Crippen LogP contribution in [-0.4, -0.2) is 4.92 Å². The lowest BCUT2D eigenvalue weighted by atomic mass is 10.2. The van der Waals surface area contributed by atoms with Gasteiger partial charge in [0, 0.05) is 30.8 Å². The third kappa shape index (κ3) is 5.60. The van der Waals surface area contributed by atoms with Crippen LogP contribution in [0.5, 0.6) is 0 Å². The van der Waals surface area contributed by atoms with Gasteiger partial charge in [0.15, 0.2) is 0 Å². The number of hydrogen-bond donors (Lipinski definition) is 0. The van der Waals surface area contributed by atoms with Gasteiger partial charge in [0.2, 0.25) is 0 Å². The molecule has 0 N–H and O–H groups in total. The first-order valence-electron chi connectivity index (χ1n) is 7.90. The fourth-order valence-electron chi connectivity index (χ4n) is 2.34. The summed E-state index contributed by atoms with van der Waals surface area (Å²) in [6, 6.07) is 14.5. The molecule has 3 aromatic rings. The van der Waals surface area contributed by atoms with Gasteiger partial charge >= 0.3 is 6.18 Å². The maximum absolute atomic E-state index is 13.6. The first-order chi connectivity index (χ1) is 13.6. The number of halogens is 5. The summed E-state index contributed by atoms with van der Waals surface area (Å²) in [5, 5.41) is 12.4. The zero-order valence-electron chi connectivity index (χ0n) is 14.2. The van der Waals surface area contributed by atoms with E-state index >= 15 is 0 Å². The van der Waals surface area contributed by atoms with E-state index in [1.807, 2.05) is 0 Å². The summed E-state index contributed by atoms with van der Waals surface area (Å²) in [6.45, 7) is 0. The molecule has 0 aliphatic rings. The van der Waals surface area contributed by atoms with Crippen molar-refractivity contribution in [1.29, 1.82) is 0 Å². The molecule has 29 heavy (non-hydrogen) atoms. The molecule has 0 spiro atoms. The van der Waals surface area contributed by atoms with Gasteiger partial charge in [-0.1, -0.05) is 46.7 Å². The average Bonchev–Trinajstić information content (AvgIpc) is 2.64. The highest BCUT2D eigenvalue weighted by molar-refractivity contribution is 8.00. The third-order valence-corrected chi connectivity index (χ3v) is 6.27. The monoisotopic (exact) mass is 475 g/mol. The Morgan fingerprint density at radius 2 is 1.24 bits per heavy atom. The minimum absolute atomic E-state index is 0.0989. The molecule has 0 aromatic heterocycles. The van der Waals surface area contributed by atoms with Gasteiger partial charge in [-0.3, -0.25) is 10.1 Å². The number of nitro benzene ring substituents is 1. The molecule has 0 saturated carbocycles. The van der Waals surface area contributed by atoms with Gasteiger partial charge in [-0.25, -0.2) is 0 Å². The van der Waals surface area contributed by atoms with Crippen LogP contribution in [0.4, 0.5) is 18.9 Å². The first-order valence-corrected chi connectivity index (χ1v) is 10.3. The van der Waals surface area contributed by atoms with Crippen molar-refractivity contribution in [3.63, 3.8) is 0 Å². The van der Waals surface area contributed by atoms with Crippen LogP contribution in [0.15, 0.2) is 80.2 Å². The zero-order valence-corrected chi connectivity index (χ0v) is 17.4. The van der Waals surface area contributed by atoms with E-state index in [4.69, 9.17) is 23.2 Å². The van der Waals surface area contributed by atoms with Crippen molar-refractivity contribution in [1.82, 2.24) is 0 Å². The first kappa shape index (κ1) is 21.8. The second kappa shape index (κ2) is 8.87. The number of benzene rings is 3. The van der Waals surface area contributed by atoms with Crippen molar-refractivity contribution < 1.29 is 18.1 Å². The van der Waals surface area contributed by atoms with Crippen LogP contribution in [-0.2, 0) is 6.18 Å². The summed E-state index contributed by atoms with van der Waals surface area (Å²) < 4.78 is 40.7. The van der Waals surface area contributed by atoms with Crippen LogP contribution in [0.25, 0.3) is 0 Å². The molecule has 0 aliphatic carbocycles. The Labute approximate surface area is 182 Å². The van der Waals surface area contributed by atoms with E-state index in [0.717, 1.165) is 23.5 Å². The van der Waals surface area contributed by atoms with Gasteiger partial charge in [-0.05, 0) is 54.6 Å². The van der Waals surface area contributed by atoms with Gasteiger partial charge in [0.05, 0.1) is 15.4 Å². The van der Waals surface area contributed by atoms with E-state index in [0.29, 0.717) is 25.9 Å². The van der Waals surface area contributed by atoms with Crippen LogP contribution in [0, 0.1) is 10.1 Å². The van der Waals surface area contributed by atoms with Gasteiger partial charge in [-0.2, -0.15) is 13.2 Å². The second-order valence-corrected chi connectivity index (χ2v) is 8.79. The fourth-order valence-corrected chi connectivity index (χ4v) is 4.59. The van der Waals surface area contributed by atoms with Gasteiger partial charge in [-0.15, -0.1) is 0 Å². The largest absolute Gasteiger partial charge is 0.417 e. The molecule has 0 saturated heterocycles. The number of nitrogens with zero attached hydrogens (tertiary/aromatic N) is 1. The topological polar surface area (TPSA) is 43.1 Å². The highest BCUT2D eigenvalue weighted by atomic mass is 35.5. The molecule has 0 fully saturated rings. The number of alkyl halides is 3. The molecule has 0 atom stereocenters. The minimum atomic E-state index is -4.75. The third-order valence-electron chi connectivity index (χ3n) is 3.65. The van der Waals surface area contributed by atoms with Crippen molar-refractivity contribution >= 4 is 52.4 Å². The quantitative estimate of drug-likeness (QED) is 0.275. The lowest BCUT2D eigenvalue weighted by Gasteiger charge is -2.14. The van der Waals surface area contributed by atoms with Gasteiger partial charge in [0.25, 0.3) is 5.69 Å². The molecule has 0 amide bonds. The Morgan fingerprint density at radius 3 is 1.66 bits per heavy atom. The number of rotatable bonds is 5. The van der Waals surface area contributed by atoms with E-state index in [9.17, 15) is 23.3 Å². The maximum Gasteiger partial charge on any atom is 0.417 e. The van der Waals surface area contributed by atoms with E-state index in [1.54, 1.807) is 48.5 Å². The molecule has 10 heteroatoms. The Hall–Kier alpha value is -1.87. The van der Waals surface area contributed by atoms with E-state index in [2.05, 4.69) is 0 Å². The smallest absolute Gasteiger partial charge is 0.258 e. The Bertz CT molecular complexity index is 1040. The van der Waals surface area contributed by atoms with Crippen LogP contribution in [0.1, 0.15) is 5.56 Å².